The van der Waals surface area contributed by atoms with Crippen LogP contribution in [0.1, 0.15) is 34.1 Å². The first-order chi connectivity index (χ1) is 6.78. The maximum atomic E-state index is 2.38. The van der Waals surface area contributed by atoms with E-state index >= 15 is 0 Å². The molecule has 1 rings (SSSR count). The molecule has 1 aliphatic carbocycles. The van der Waals surface area contributed by atoms with Gasteiger partial charge in [0.05, 0.1) is 0 Å². The highest BCUT2D eigenvalue weighted by Gasteiger charge is 2.25. The van der Waals surface area contributed by atoms with Crippen LogP contribution in [0.5, 0.6) is 0 Å². The lowest BCUT2D eigenvalue weighted by atomic mass is 10.5. The first kappa shape index (κ1) is 11.5. The highest BCUT2D eigenvalue weighted by Crippen LogP contribution is 2.26. The van der Waals surface area contributed by atoms with Gasteiger partial charge >= 0.3 is 0 Å². The molecule has 0 unspecified atom stereocenters. The van der Waals surface area contributed by atoms with Crippen LogP contribution >= 0.6 is 0 Å². The van der Waals surface area contributed by atoms with Crippen LogP contribution in [0.4, 0.5) is 0 Å². The van der Waals surface area contributed by atoms with Gasteiger partial charge in [-0.05, 0) is 0 Å². The van der Waals surface area contributed by atoms with Gasteiger partial charge in [-0.25, -0.2) is 15.1 Å². The fraction of sp³-hybridized carbons (Fsp3) is 0.818. The second-order valence-corrected chi connectivity index (χ2v) is 3.47. The first-order valence-corrected chi connectivity index (χ1v) is 5.77. The summed E-state index contributed by atoms with van der Waals surface area (Å²) in [7, 11) is 0. The molecule has 0 atom stereocenters. The Hall–Kier alpha value is -0.540. The monoisotopic (exact) mass is 197 g/mol. The number of hydrogen-bond donors (Lipinski definition) is 0. The molecule has 82 valence electrons. The van der Waals surface area contributed by atoms with E-state index in [4.69, 9.17) is 0 Å². The third kappa shape index (κ3) is 2.49. The van der Waals surface area contributed by atoms with Gasteiger partial charge in [-0.1, -0.05) is 33.8 Å². The van der Waals surface area contributed by atoms with Crippen LogP contribution in [0, 0.1) is 0 Å². The number of nitrogens with zero attached hydrogens (tertiary/aromatic N) is 3. The smallest absolute Gasteiger partial charge is 0.0483 e. The minimum Gasteiger partial charge on any atom is -0.241 e. The predicted octanol–water partition coefficient (Wildman–Crippen LogP) is 2.09. The van der Waals surface area contributed by atoms with Crippen LogP contribution in [0.25, 0.3) is 0 Å². The Bertz CT molecular complexity index is 181. The Morgan fingerprint density at radius 2 is 1.29 bits per heavy atom. The van der Waals surface area contributed by atoms with Crippen molar-refractivity contribution in [2.75, 3.05) is 26.2 Å². The van der Waals surface area contributed by atoms with Crippen molar-refractivity contribution < 1.29 is 0 Å². The molecule has 0 saturated heterocycles. The molecule has 14 heavy (non-hydrogen) atoms. The Morgan fingerprint density at radius 3 is 1.50 bits per heavy atom. The zero-order valence-corrected chi connectivity index (χ0v) is 9.95. The number of hydrogen-bond acceptors (Lipinski definition) is 3. The Balaban J connectivity index is 2.66. The Morgan fingerprint density at radius 1 is 0.929 bits per heavy atom. The molecule has 0 fully saturated rings. The van der Waals surface area contributed by atoms with E-state index in [-0.39, 0.29) is 0 Å². The highest BCUT2D eigenvalue weighted by molar-refractivity contribution is 5.19. The third-order valence-electron chi connectivity index (χ3n) is 2.64. The van der Waals surface area contributed by atoms with E-state index in [2.05, 4.69) is 48.9 Å². The van der Waals surface area contributed by atoms with E-state index in [9.17, 15) is 0 Å². The van der Waals surface area contributed by atoms with Crippen molar-refractivity contribution in [2.24, 2.45) is 0 Å². The average Bonchev–Trinajstić information content (AvgIpc) is 3.02. The summed E-state index contributed by atoms with van der Waals surface area (Å²) >= 11 is 0. The van der Waals surface area contributed by atoms with Gasteiger partial charge in [0.2, 0.25) is 0 Å². The van der Waals surface area contributed by atoms with Gasteiger partial charge in [0, 0.05) is 38.3 Å². The molecule has 0 aromatic carbocycles. The van der Waals surface area contributed by atoms with Crippen LogP contribution in [-0.4, -0.2) is 41.3 Å². The van der Waals surface area contributed by atoms with Crippen LogP contribution in [0.3, 0.4) is 0 Å². The largest absolute Gasteiger partial charge is 0.241 e. The molecule has 0 saturated carbocycles. The standard InChI is InChI=1S/C11H23N3/c1-5-12(6-2)14(11-9-10-11)13(7-3)8-4/h9H,5-8,10H2,1-4H3. The van der Waals surface area contributed by atoms with Gasteiger partial charge in [0.1, 0.15) is 0 Å². The molecule has 0 spiro atoms. The highest BCUT2D eigenvalue weighted by atomic mass is 15.9. The lowest BCUT2D eigenvalue weighted by Crippen LogP contribution is -2.51. The van der Waals surface area contributed by atoms with Crippen LogP contribution in [0.2, 0.25) is 0 Å². The van der Waals surface area contributed by atoms with E-state index in [0.717, 1.165) is 32.6 Å². The zero-order valence-electron chi connectivity index (χ0n) is 9.95. The predicted molar refractivity (Wildman–Crippen MR) is 60.4 cm³/mol. The molecule has 0 aromatic heterocycles. The molecule has 0 aromatic rings. The second-order valence-electron chi connectivity index (χ2n) is 3.47. The maximum absolute atomic E-state index is 2.38. The van der Waals surface area contributed by atoms with E-state index < -0.39 is 0 Å². The first-order valence-electron chi connectivity index (χ1n) is 5.77. The summed E-state index contributed by atoms with van der Waals surface area (Å²) in [6.07, 6.45) is 3.45. The summed E-state index contributed by atoms with van der Waals surface area (Å²) in [5, 5.41) is 7.12. The fourth-order valence-corrected chi connectivity index (χ4v) is 1.73. The molecule has 0 heterocycles. The third-order valence-corrected chi connectivity index (χ3v) is 2.64. The number of rotatable bonds is 7. The van der Waals surface area contributed by atoms with Crippen molar-refractivity contribution in [3.8, 4) is 0 Å². The SMILES string of the molecule is CCN(CC)N(C1=CC1)N(CC)CC. The molecule has 0 amide bonds. The van der Waals surface area contributed by atoms with E-state index in [1.165, 1.54) is 5.70 Å². The molecule has 3 heteroatoms. The van der Waals surface area contributed by atoms with Gasteiger partial charge < -0.3 is 0 Å². The summed E-state index contributed by atoms with van der Waals surface area (Å²) < 4.78 is 0. The zero-order chi connectivity index (χ0) is 10.6. The molecule has 0 radical (unpaired) electrons. The van der Waals surface area contributed by atoms with Crippen LogP contribution < -0.4 is 0 Å². The second kappa shape index (κ2) is 5.37. The minimum atomic E-state index is 1.07. The van der Waals surface area contributed by atoms with Gasteiger partial charge in [-0.15, -0.1) is 0 Å². The topological polar surface area (TPSA) is 9.72 Å². The lowest BCUT2D eigenvalue weighted by Gasteiger charge is -2.41. The van der Waals surface area contributed by atoms with Gasteiger partial charge in [0.15, 0.2) is 0 Å². The van der Waals surface area contributed by atoms with Crippen molar-refractivity contribution in [1.82, 2.24) is 15.1 Å². The molecule has 1 aliphatic rings. The van der Waals surface area contributed by atoms with Crippen molar-refractivity contribution >= 4 is 0 Å². The number of allylic oxidation sites excluding steroid dienone is 2. The fourth-order valence-electron chi connectivity index (χ4n) is 1.73. The molecular weight excluding hydrogens is 174 g/mol. The van der Waals surface area contributed by atoms with Crippen LogP contribution in [-0.2, 0) is 0 Å². The summed E-state index contributed by atoms with van der Waals surface area (Å²) in [6.45, 7) is 13.1. The van der Waals surface area contributed by atoms with Crippen molar-refractivity contribution in [2.45, 2.75) is 34.1 Å². The maximum Gasteiger partial charge on any atom is 0.0483 e. The normalized spacial score (nSPS) is 14.9. The Labute approximate surface area is 87.9 Å². The van der Waals surface area contributed by atoms with E-state index in [1.807, 2.05) is 0 Å². The summed E-state index contributed by atoms with van der Waals surface area (Å²) in [5.74, 6) is 0. The van der Waals surface area contributed by atoms with Crippen molar-refractivity contribution in [3.05, 3.63) is 11.8 Å². The van der Waals surface area contributed by atoms with Gasteiger partial charge in [-0.3, -0.25) is 0 Å². The van der Waals surface area contributed by atoms with E-state index in [0.29, 0.717) is 0 Å². The molecule has 3 nitrogen and oxygen atoms in total. The lowest BCUT2D eigenvalue weighted by molar-refractivity contribution is -0.145. The quantitative estimate of drug-likeness (QED) is 0.579. The molecule has 0 aliphatic heterocycles. The summed E-state index contributed by atoms with van der Waals surface area (Å²) in [6, 6.07) is 0. The average molecular weight is 197 g/mol. The Kier molecular flexibility index (Phi) is 4.42. The van der Waals surface area contributed by atoms with E-state index in [1.54, 1.807) is 0 Å². The van der Waals surface area contributed by atoms with Gasteiger partial charge in [-0.2, -0.15) is 0 Å². The summed E-state index contributed by atoms with van der Waals surface area (Å²) in [4.78, 5) is 0. The van der Waals surface area contributed by atoms with Gasteiger partial charge in [0.25, 0.3) is 0 Å². The minimum absolute atomic E-state index is 1.07. The molecule has 0 bridgehead atoms. The number of hydrazine groups is 2. The molecular formula is C11H23N3. The van der Waals surface area contributed by atoms with Crippen LogP contribution in [0.15, 0.2) is 11.8 Å². The van der Waals surface area contributed by atoms with Crippen molar-refractivity contribution in [3.63, 3.8) is 0 Å². The van der Waals surface area contributed by atoms with Crippen molar-refractivity contribution in [1.29, 1.82) is 0 Å². The summed E-state index contributed by atoms with van der Waals surface area (Å²) in [5.41, 5.74) is 1.46. The molecule has 0 N–H and O–H groups in total.